The van der Waals surface area contributed by atoms with Gasteiger partial charge in [-0.1, -0.05) is 161 Å². The van der Waals surface area contributed by atoms with E-state index in [0.717, 1.165) is 0 Å². The molecule has 1 aromatic heterocycles. The molecule has 0 aliphatic heterocycles. The van der Waals surface area contributed by atoms with Gasteiger partial charge in [-0.05, 0) is 119 Å². The van der Waals surface area contributed by atoms with E-state index in [4.69, 9.17) is 0 Å². The van der Waals surface area contributed by atoms with Gasteiger partial charge in [0.05, 0.1) is 11.0 Å². The van der Waals surface area contributed by atoms with Crippen LogP contribution in [0.25, 0.3) is 82.1 Å². The molecule has 0 radical (unpaired) electrons. The minimum atomic E-state index is 0.110. The summed E-state index contributed by atoms with van der Waals surface area (Å²) in [6.45, 7) is 8.81. The van der Waals surface area contributed by atoms with E-state index in [1.807, 2.05) is 13.8 Å². The van der Waals surface area contributed by atoms with Crippen LogP contribution in [-0.4, -0.2) is 4.57 Å². The van der Waals surface area contributed by atoms with Crippen molar-refractivity contribution < 1.29 is 0 Å². The monoisotopic (exact) mass is 693 g/mol. The Morgan fingerprint density at radius 3 is 1.67 bits per heavy atom. The maximum absolute atomic E-state index is 2.47. The molecule has 2 aliphatic rings. The van der Waals surface area contributed by atoms with E-state index in [9.17, 15) is 0 Å². The zero-order valence-electron chi connectivity index (χ0n) is 31.3. The lowest BCUT2D eigenvalue weighted by Gasteiger charge is -2.29. The second-order valence-electron chi connectivity index (χ2n) is 15.3. The third-order valence-corrected chi connectivity index (χ3v) is 12.3. The van der Waals surface area contributed by atoms with Crippen LogP contribution in [0, 0.1) is 5.92 Å². The van der Waals surface area contributed by atoms with Crippen LogP contribution in [-0.2, 0) is 5.41 Å². The van der Waals surface area contributed by atoms with Crippen LogP contribution in [0.4, 0.5) is 0 Å². The summed E-state index contributed by atoms with van der Waals surface area (Å²) in [6.07, 6.45) is 9.25. The summed E-state index contributed by atoms with van der Waals surface area (Å²) < 4.78 is 2.47. The molecule has 1 heteroatoms. The van der Waals surface area contributed by atoms with Gasteiger partial charge in [0, 0.05) is 22.4 Å². The third kappa shape index (κ3) is 4.78. The molecule has 1 heterocycles. The molecular weight excluding hydrogens is 651 g/mol. The molecule has 9 aromatic rings. The SMILES string of the molecule is CC.CC1(C)c2ccc(-n3c4ccccc4c4cc(-c5cccc(-c6ccc7c8ccccc8c8ccccc8c7c6)c5)ccc43)cc2C2C=CC=CC21. The summed E-state index contributed by atoms with van der Waals surface area (Å²) >= 11 is 0. The molecule has 0 spiro atoms. The Bertz CT molecular complexity index is 2970. The fourth-order valence-electron chi connectivity index (χ4n) is 9.72. The van der Waals surface area contributed by atoms with Crippen LogP contribution in [0.2, 0.25) is 0 Å². The first-order valence-corrected chi connectivity index (χ1v) is 19.5. The van der Waals surface area contributed by atoms with E-state index in [-0.39, 0.29) is 5.41 Å². The Hall–Kier alpha value is -6.18. The van der Waals surface area contributed by atoms with Crippen molar-refractivity contribution in [3.8, 4) is 27.9 Å². The number of nitrogens with zero attached hydrogens (tertiary/aromatic N) is 1. The van der Waals surface area contributed by atoms with Gasteiger partial charge in [-0.3, -0.25) is 0 Å². The average molecular weight is 694 g/mol. The smallest absolute Gasteiger partial charge is 0.0541 e. The first kappa shape index (κ1) is 32.5. The summed E-state index contributed by atoms with van der Waals surface area (Å²) in [5.41, 5.74) is 11.7. The van der Waals surface area contributed by atoms with E-state index in [1.54, 1.807) is 0 Å². The summed E-state index contributed by atoms with van der Waals surface area (Å²) in [7, 11) is 0. The van der Waals surface area contributed by atoms with Crippen LogP contribution in [0.5, 0.6) is 0 Å². The average Bonchev–Trinajstić information content (AvgIpc) is 3.69. The fourth-order valence-corrected chi connectivity index (χ4v) is 9.72. The van der Waals surface area contributed by atoms with E-state index in [1.165, 1.54) is 93.2 Å². The molecule has 2 aliphatic carbocycles. The van der Waals surface area contributed by atoms with Crippen molar-refractivity contribution in [3.63, 3.8) is 0 Å². The first-order chi connectivity index (χ1) is 26.5. The Kier molecular flexibility index (Phi) is 7.49. The molecule has 0 saturated carbocycles. The Morgan fingerprint density at radius 2 is 0.963 bits per heavy atom. The largest absolute Gasteiger partial charge is 0.309 e. The topological polar surface area (TPSA) is 4.93 Å². The van der Waals surface area contributed by atoms with Crippen LogP contribution in [0.3, 0.4) is 0 Å². The minimum Gasteiger partial charge on any atom is -0.309 e. The molecule has 2 unspecified atom stereocenters. The van der Waals surface area contributed by atoms with Crippen molar-refractivity contribution in [2.24, 2.45) is 5.92 Å². The molecule has 0 saturated heterocycles. The van der Waals surface area contributed by atoms with Crippen molar-refractivity contribution in [1.82, 2.24) is 4.57 Å². The summed E-state index contributed by atoms with van der Waals surface area (Å²) in [5.74, 6) is 0.913. The summed E-state index contributed by atoms with van der Waals surface area (Å²) in [4.78, 5) is 0. The van der Waals surface area contributed by atoms with Gasteiger partial charge in [0.2, 0.25) is 0 Å². The van der Waals surface area contributed by atoms with E-state index in [0.29, 0.717) is 11.8 Å². The lowest BCUT2D eigenvalue weighted by Crippen LogP contribution is -2.24. The standard InChI is InChI=1S/C51H37N.C2H6/c1-51(2)47-20-9-7-18-42(47)45-31-36(24-26-48(45)51)52-49-21-10-8-19-43(49)46-30-35(23-27-50(46)52)33-13-11-12-32(28-33)34-22-25-41-39-16-4-3-14-37(39)38-15-5-6-17-40(38)44(41)29-34;1-2/h3-31,42,47H,1-2H3;1-2H3. The maximum atomic E-state index is 2.47. The number of aromatic nitrogens is 1. The van der Waals surface area contributed by atoms with Gasteiger partial charge in [0.15, 0.2) is 0 Å². The van der Waals surface area contributed by atoms with Crippen LogP contribution in [0.15, 0.2) is 176 Å². The van der Waals surface area contributed by atoms with Crippen molar-refractivity contribution >= 4 is 54.1 Å². The van der Waals surface area contributed by atoms with Crippen molar-refractivity contribution in [2.45, 2.75) is 39.0 Å². The lowest BCUT2D eigenvalue weighted by atomic mass is 9.74. The van der Waals surface area contributed by atoms with Gasteiger partial charge in [-0.15, -0.1) is 0 Å². The number of para-hydroxylation sites is 1. The zero-order valence-corrected chi connectivity index (χ0v) is 31.3. The quantitative estimate of drug-likeness (QED) is 0.162. The third-order valence-electron chi connectivity index (χ3n) is 12.3. The van der Waals surface area contributed by atoms with Gasteiger partial charge in [-0.25, -0.2) is 0 Å². The zero-order chi connectivity index (χ0) is 36.6. The second kappa shape index (κ2) is 12.5. The summed E-state index contributed by atoms with van der Waals surface area (Å²) in [6, 6.07) is 56.8. The highest BCUT2D eigenvalue weighted by atomic mass is 15.0. The number of allylic oxidation sites excluding steroid dienone is 4. The van der Waals surface area contributed by atoms with Crippen LogP contribution < -0.4 is 0 Å². The predicted octanol–water partition coefficient (Wildman–Crippen LogP) is 14.7. The molecule has 0 N–H and O–H groups in total. The Labute approximate surface area is 317 Å². The highest BCUT2D eigenvalue weighted by Crippen LogP contribution is 2.53. The molecule has 8 aromatic carbocycles. The van der Waals surface area contributed by atoms with E-state index >= 15 is 0 Å². The van der Waals surface area contributed by atoms with Crippen molar-refractivity contribution in [3.05, 3.63) is 187 Å². The molecule has 0 bridgehead atoms. The molecule has 0 fully saturated rings. The first-order valence-electron chi connectivity index (χ1n) is 19.5. The Morgan fingerprint density at radius 1 is 0.426 bits per heavy atom. The highest BCUT2D eigenvalue weighted by Gasteiger charge is 2.44. The number of hydrogen-bond acceptors (Lipinski definition) is 0. The predicted molar refractivity (Wildman–Crippen MR) is 233 cm³/mol. The number of benzene rings is 8. The minimum absolute atomic E-state index is 0.110. The molecule has 1 nitrogen and oxygen atoms in total. The number of hydrogen-bond donors (Lipinski definition) is 0. The van der Waals surface area contributed by atoms with Crippen LogP contribution >= 0.6 is 0 Å². The second-order valence-corrected chi connectivity index (χ2v) is 15.3. The number of fused-ring (bicyclic) bond motifs is 12. The molecule has 0 amide bonds. The van der Waals surface area contributed by atoms with E-state index < -0.39 is 0 Å². The number of rotatable bonds is 3. The summed E-state index contributed by atoms with van der Waals surface area (Å²) in [5, 5.41) is 10.4. The van der Waals surface area contributed by atoms with Crippen LogP contribution in [0.1, 0.15) is 44.7 Å². The van der Waals surface area contributed by atoms with Gasteiger partial charge in [0.25, 0.3) is 0 Å². The molecule has 260 valence electrons. The van der Waals surface area contributed by atoms with E-state index in [2.05, 4.69) is 194 Å². The van der Waals surface area contributed by atoms with Crippen molar-refractivity contribution in [1.29, 1.82) is 0 Å². The Balaban J connectivity index is 0.00000178. The molecular formula is C53H43N. The van der Waals surface area contributed by atoms with Crippen molar-refractivity contribution in [2.75, 3.05) is 0 Å². The highest BCUT2D eigenvalue weighted by molar-refractivity contribution is 6.25. The van der Waals surface area contributed by atoms with Gasteiger partial charge in [0.1, 0.15) is 0 Å². The lowest BCUT2D eigenvalue weighted by molar-refractivity contribution is 0.394. The fraction of sp³-hybridized carbons (Fsp3) is 0.132. The normalized spacial score (nSPS) is 16.9. The van der Waals surface area contributed by atoms with Gasteiger partial charge < -0.3 is 4.57 Å². The molecule has 11 rings (SSSR count). The molecule has 2 atom stereocenters. The maximum Gasteiger partial charge on any atom is 0.0541 e. The van der Waals surface area contributed by atoms with Gasteiger partial charge in [-0.2, -0.15) is 0 Å². The van der Waals surface area contributed by atoms with Gasteiger partial charge >= 0.3 is 0 Å². The molecule has 54 heavy (non-hydrogen) atoms.